The highest BCUT2D eigenvalue weighted by Gasteiger charge is 2.37. The van der Waals surface area contributed by atoms with Crippen LogP contribution in [0.1, 0.15) is 58.9 Å². The lowest BCUT2D eigenvalue weighted by Gasteiger charge is -2.39. The third-order valence-corrected chi connectivity index (χ3v) is 6.19. The fourth-order valence-electron chi connectivity index (χ4n) is 3.49. The van der Waals surface area contributed by atoms with E-state index in [2.05, 4.69) is 41.6 Å². The minimum atomic E-state index is 0.558. The second kappa shape index (κ2) is 6.65. The third kappa shape index (κ3) is 3.59. The van der Waals surface area contributed by atoms with E-state index in [4.69, 9.17) is 0 Å². The minimum Gasteiger partial charge on any atom is -0.313 e. The Morgan fingerprint density at radius 3 is 2.81 bits per heavy atom. The normalized spacial score (nSPS) is 33.3. The first kappa shape index (κ1) is 15.3. The third-order valence-electron chi connectivity index (χ3n) is 4.64. The molecule has 0 radical (unpaired) electrons. The Morgan fingerprint density at radius 2 is 2.10 bits per heavy atom. The molecule has 0 aliphatic heterocycles. The van der Waals surface area contributed by atoms with Crippen molar-refractivity contribution < 1.29 is 0 Å². The van der Waals surface area contributed by atoms with Gasteiger partial charge in [0.25, 0.3) is 0 Å². The van der Waals surface area contributed by atoms with Crippen LogP contribution in [0.5, 0.6) is 0 Å². The molecule has 1 aromatic rings. The Labute approximate surface area is 131 Å². The summed E-state index contributed by atoms with van der Waals surface area (Å²) in [7, 11) is 0. The lowest BCUT2D eigenvalue weighted by molar-refractivity contribution is 0.249. The van der Waals surface area contributed by atoms with Gasteiger partial charge in [-0.2, -0.15) is 0 Å². The summed E-state index contributed by atoms with van der Waals surface area (Å²) in [6.07, 6.45) is 6.23. The van der Waals surface area contributed by atoms with E-state index in [0.717, 1.165) is 17.6 Å². The summed E-state index contributed by atoms with van der Waals surface area (Å²) in [4.78, 5) is 0. The molecule has 0 aromatic carbocycles. The molecule has 0 bridgehead atoms. The van der Waals surface area contributed by atoms with Crippen LogP contribution in [0.3, 0.4) is 0 Å². The van der Waals surface area contributed by atoms with E-state index in [-0.39, 0.29) is 0 Å². The topological polar surface area (TPSA) is 55.6 Å². The van der Waals surface area contributed by atoms with Gasteiger partial charge < -0.3 is 5.32 Å². The Morgan fingerprint density at radius 1 is 1.29 bits per heavy atom. The maximum atomic E-state index is 4.28. The fourth-order valence-corrected chi connectivity index (χ4v) is 4.83. The molecule has 4 unspecified atom stereocenters. The van der Waals surface area contributed by atoms with Crippen LogP contribution in [0, 0.1) is 11.8 Å². The Bertz CT molecular complexity index is 459. The van der Waals surface area contributed by atoms with E-state index in [1.807, 2.05) is 16.4 Å². The molecule has 5 nitrogen and oxygen atoms in total. The van der Waals surface area contributed by atoms with Gasteiger partial charge in [-0.05, 0) is 60.9 Å². The number of aromatic nitrogens is 4. The molecule has 0 spiro atoms. The van der Waals surface area contributed by atoms with E-state index in [9.17, 15) is 0 Å². The van der Waals surface area contributed by atoms with Crippen molar-refractivity contribution in [3.63, 3.8) is 0 Å². The van der Waals surface area contributed by atoms with Crippen molar-refractivity contribution >= 4 is 11.8 Å². The van der Waals surface area contributed by atoms with Gasteiger partial charge in [0.05, 0.1) is 6.04 Å². The first-order valence-corrected chi connectivity index (χ1v) is 9.25. The summed E-state index contributed by atoms with van der Waals surface area (Å²) >= 11 is 1.90. The Hall–Kier alpha value is -0.620. The molecule has 6 heteroatoms. The van der Waals surface area contributed by atoms with Crippen LogP contribution in [0.2, 0.25) is 0 Å². The first-order chi connectivity index (χ1) is 10.2. The summed E-state index contributed by atoms with van der Waals surface area (Å²) < 4.78 is 2.05. The van der Waals surface area contributed by atoms with Gasteiger partial charge in [0, 0.05) is 11.3 Å². The highest BCUT2D eigenvalue weighted by molar-refractivity contribution is 7.99. The number of rotatable bonds is 6. The monoisotopic (exact) mass is 309 g/mol. The number of hydrogen-bond donors (Lipinski definition) is 1. The van der Waals surface area contributed by atoms with E-state index in [1.165, 1.54) is 32.1 Å². The Kier molecular flexibility index (Phi) is 4.84. The van der Waals surface area contributed by atoms with Gasteiger partial charge in [-0.3, -0.25) is 0 Å². The molecule has 0 amide bonds. The van der Waals surface area contributed by atoms with Gasteiger partial charge in [-0.1, -0.05) is 32.5 Å². The number of nitrogens with zero attached hydrogens (tertiary/aromatic N) is 4. The van der Waals surface area contributed by atoms with Crippen molar-refractivity contribution in [1.29, 1.82) is 0 Å². The van der Waals surface area contributed by atoms with Crippen molar-refractivity contribution in [3.05, 3.63) is 0 Å². The van der Waals surface area contributed by atoms with Gasteiger partial charge >= 0.3 is 0 Å². The minimum absolute atomic E-state index is 0.558. The molecule has 118 valence electrons. The molecule has 1 N–H and O–H groups in total. The molecule has 2 aliphatic carbocycles. The number of hydrogen-bond acceptors (Lipinski definition) is 5. The summed E-state index contributed by atoms with van der Waals surface area (Å²) in [5.74, 6) is 1.52. The van der Waals surface area contributed by atoms with Gasteiger partial charge in [0.2, 0.25) is 5.16 Å². The van der Waals surface area contributed by atoms with E-state index >= 15 is 0 Å². The van der Waals surface area contributed by atoms with Gasteiger partial charge in [-0.15, -0.1) is 5.10 Å². The zero-order valence-corrected chi connectivity index (χ0v) is 14.1. The van der Waals surface area contributed by atoms with Crippen molar-refractivity contribution in [2.45, 2.75) is 75.4 Å². The zero-order valence-electron chi connectivity index (χ0n) is 13.3. The highest BCUT2D eigenvalue weighted by atomic mass is 32.2. The number of thioether (sulfide) groups is 1. The summed E-state index contributed by atoms with van der Waals surface area (Å²) in [6.45, 7) is 8.11. The average Bonchev–Trinajstić information content (AvgIpc) is 3.19. The molecule has 2 saturated carbocycles. The van der Waals surface area contributed by atoms with E-state index in [1.54, 1.807) is 0 Å². The van der Waals surface area contributed by atoms with Crippen LogP contribution in [0.25, 0.3) is 0 Å². The molecule has 0 saturated heterocycles. The summed E-state index contributed by atoms with van der Waals surface area (Å²) in [6, 6.07) is 1.14. The predicted molar refractivity (Wildman–Crippen MR) is 85.4 cm³/mol. The fraction of sp³-hybridized carbons (Fsp3) is 0.933. The van der Waals surface area contributed by atoms with Crippen molar-refractivity contribution in [2.24, 2.45) is 11.8 Å². The molecular weight excluding hydrogens is 282 g/mol. The summed E-state index contributed by atoms with van der Waals surface area (Å²) in [5, 5.41) is 17.7. The number of tetrazole rings is 1. The lowest BCUT2D eigenvalue weighted by Crippen LogP contribution is -2.46. The molecule has 2 fully saturated rings. The van der Waals surface area contributed by atoms with Crippen molar-refractivity contribution in [2.75, 3.05) is 6.54 Å². The largest absolute Gasteiger partial charge is 0.313 e. The second-order valence-electron chi connectivity index (χ2n) is 6.83. The molecule has 2 aliphatic rings. The van der Waals surface area contributed by atoms with E-state index < -0.39 is 0 Å². The van der Waals surface area contributed by atoms with Crippen LogP contribution < -0.4 is 5.32 Å². The Balaban J connectivity index is 1.71. The second-order valence-corrected chi connectivity index (χ2v) is 7.98. The SMILES string of the molecule is CCCNC1CC(C)CC(C)C1Sc1nnnn1C1CC1. The molecule has 1 heterocycles. The van der Waals surface area contributed by atoms with Gasteiger partial charge in [0.1, 0.15) is 0 Å². The average molecular weight is 309 g/mol. The van der Waals surface area contributed by atoms with Crippen molar-refractivity contribution in [1.82, 2.24) is 25.5 Å². The highest BCUT2D eigenvalue weighted by Crippen LogP contribution is 2.42. The van der Waals surface area contributed by atoms with Crippen LogP contribution in [-0.2, 0) is 0 Å². The van der Waals surface area contributed by atoms with Crippen LogP contribution in [0.15, 0.2) is 5.16 Å². The lowest BCUT2D eigenvalue weighted by atomic mass is 9.80. The predicted octanol–water partition coefficient (Wildman–Crippen LogP) is 2.90. The molecular formula is C15H27N5S. The first-order valence-electron chi connectivity index (χ1n) is 8.37. The van der Waals surface area contributed by atoms with Gasteiger partial charge in [-0.25, -0.2) is 4.68 Å². The smallest absolute Gasteiger partial charge is 0.209 e. The number of nitrogens with one attached hydrogen (secondary N) is 1. The molecule has 1 aromatic heterocycles. The quantitative estimate of drug-likeness (QED) is 0.875. The molecule has 4 atom stereocenters. The summed E-state index contributed by atoms with van der Waals surface area (Å²) in [5.41, 5.74) is 0. The standard InChI is InChI=1S/C15H27N5S/c1-4-7-16-13-9-10(2)8-11(3)14(13)21-15-17-18-19-20(15)12-5-6-12/h10-14,16H,4-9H2,1-3H3. The van der Waals surface area contributed by atoms with E-state index in [0.29, 0.717) is 23.3 Å². The van der Waals surface area contributed by atoms with Crippen molar-refractivity contribution in [3.8, 4) is 0 Å². The molecule has 3 rings (SSSR count). The van der Waals surface area contributed by atoms with Crippen LogP contribution in [-0.4, -0.2) is 38.0 Å². The maximum Gasteiger partial charge on any atom is 0.209 e. The van der Waals surface area contributed by atoms with Gasteiger partial charge in [0.15, 0.2) is 0 Å². The maximum absolute atomic E-state index is 4.28. The van der Waals surface area contributed by atoms with Crippen LogP contribution >= 0.6 is 11.8 Å². The zero-order chi connectivity index (χ0) is 14.8. The molecule has 21 heavy (non-hydrogen) atoms. The van der Waals surface area contributed by atoms with Crippen LogP contribution in [0.4, 0.5) is 0 Å².